The van der Waals surface area contributed by atoms with Gasteiger partial charge in [0.2, 0.25) is 0 Å². The third-order valence-electron chi connectivity index (χ3n) is 3.25. The Kier molecular flexibility index (Phi) is 4.24. The van der Waals surface area contributed by atoms with Gasteiger partial charge < -0.3 is 5.32 Å². The minimum atomic E-state index is 0.819. The average molecular weight is 254 g/mol. The van der Waals surface area contributed by atoms with Gasteiger partial charge in [0.05, 0.1) is 16.4 Å². The van der Waals surface area contributed by atoms with Crippen LogP contribution in [0.5, 0.6) is 0 Å². The van der Waals surface area contributed by atoms with Gasteiger partial charge in [-0.15, -0.1) is 0 Å². The second-order valence-corrected chi connectivity index (χ2v) is 4.91. The lowest BCUT2D eigenvalue weighted by atomic mass is 10.1. The summed E-state index contributed by atoms with van der Waals surface area (Å²) in [5.41, 5.74) is 3.52. The normalized spacial score (nSPS) is 19.6. The third kappa shape index (κ3) is 2.90. The van der Waals surface area contributed by atoms with Crippen LogP contribution in [0, 0.1) is 0 Å². The van der Waals surface area contributed by atoms with Crippen LogP contribution in [0.25, 0.3) is 6.08 Å². The highest BCUT2D eigenvalue weighted by atomic mass is 35.5. The molecule has 0 bridgehead atoms. The van der Waals surface area contributed by atoms with Gasteiger partial charge in [0.15, 0.2) is 0 Å². The van der Waals surface area contributed by atoms with Crippen molar-refractivity contribution in [3.05, 3.63) is 22.0 Å². The second-order valence-electron chi connectivity index (χ2n) is 4.53. The van der Waals surface area contributed by atoms with Crippen molar-refractivity contribution in [3.63, 3.8) is 0 Å². The van der Waals surface area contributed by atoms with E-state index in [2.05, 4.69) is 23.4 Å². The Hall–Kier alpha value is -0.800. The van der Waals surface area contributed by atoms with E-state index in [-0.39, 0.29) is 0 Å². The molecule has 17 heavy (non-hydrogen) atoms. The van der Waals surface area contributed by atoms with Gasteiger partial charge in [0.25, 0.3) is 0 Å². The minimum absolute atomic E-state index is 0.819. The van der Waals surface area contributed by atoms with Crippen molar-refractivity contribution in [1.82, 2.24) is 15.1 Å². The summed E-state index contributed by atoms with van der Waals surface area (Å²) in [6.45, 7) is 4.28. The molecule has 1 saturated heterocycles. The third-order valence-corrected chi connectivity index (χ3v) is 3.66. The number of halogens is 1. The summed E-state index contributed by atoms with van der Waals surface area (Å²) in [6, 6.07) is 0. The van der Waals surface area contributed by atoms with Crippen LogP contribution in [-0.2, 0) is 13.5 Å². The van der Waals surface area contributed by atoms with Gasteiger partial charge in [-0.3, -0.25) is 4.68 Å². The Bertz CT molecular complexity index is 411. The lowest BCUT2D eigenvalue weighted by Crippen LogP contribution is -2.13. The highest BCUT2D eigenvalue weighted by molar-refractivity contribution is 6.32. The lowest BCUT2D eigenvalue weighted by Gasteiger charge is -2.03. The smallest absolute Gasteiger partial charge is 0.0891 e. The molecule has 1 fully saturated rings. The molecule has 0 spiro atoms. The summed E-state index contributed by atoms with van der Waals surface area (Å²) in [5, 5.41) is 8.67. The van der Waals surface area contributed by atoms with Crippen molar-refractivity contribution in [3.8, 4) is 0 Å². The SMILES string of the molecule is CCc1nn(C)c(/C=C2/CCCNCC2)c1Cl. The van der Waals surface area contributed by atoms with Crippen molar-refractivity contribution < 1.29 is 0 Å². The number of nitrogens with zero attached hydrogens (tertiary/aromatic N) is 2. The predicted molar refractivity (Wildman–Crippen MR) is 72.3 cm³/mol. The molecule has 4 heteroatoms. The number of aromatic nitrogens is 2. The fourth-order valence-electron chi connectivity index (χ4n) is 2.23. The molecule has 0 aromatic carbocycles. The number of nitrogens with one attached hydrogen (secondary N) is 1. The van der Waals surface area contributed by atoms with Crippen LogP contribution in [0.15, 0.2) is 5.57 Å². The number of hydrogen-bond donors (Lipinski definition) is 1. The molecule has 2 rings (SSSR count). The molecule has 0 radical (unpaired) electrons. The van der Waals surface area contributed by atoms with Crippen molar-refractivity contribution in [2.24, 2.45) is 7.05 Å². The van der Waals surface area contributed by atoms with Crippen molar-refractivity contribution in [2.45, 2.75) is 32.6 Å². The van der Waals surface area contributed by atoms with Crippen LogP contribution in [0.3, 0.4) is 0 Å². The van der Waals surface area contributed by atoms with Crippen molar-refractivity contribution in [1.29, 1.82) is 0 Å². The molecule has 0 atom stereocenters. The van der Waals surface area contributed by atoms with E-state index < -0.39 is 0 Å². The van der Waals surface area contributed by atoms with Crippen LogP contribution >= 0.6 is 11.6 Å². The molecule has 3 nitrogen and oxygen atoms in total. The zero-order valence-corrected chi connectivity index (χ0v) is 11.3. The number of aryl methyl sites for hydroxylation is 2. The first-order chi connectivity index (χ1) is 8.22. The molecule has 0 amide bonds. The highest BCUT2D eigenvalue weighted by Crippen LogP contribution is 2.25. The molecule has 0 unspecified atom stereocenters. The van der Waals surface area contributed by atoms with Crippen LogP contribution in [-0.4, -0.2) is 22.9 Å². The standard InChI is InChI=1S/C13H20ClN3/c1-3-11-13(14)12(17(2)16-11)9-10-5-4-7-15-8-6-10/h9,15H,3-8H2,1-2H3/b10-9-. The fourth-order valence-corrected chi connectivity index (χ4v) is 2.58. The molecular formula is C13H20ClN3. The van der Waals surface area contributed by atoms with Crippen LogP contribution in [0.1, 0.15) is 37.6 Å². The Balaban J connectivity index is 2.27. The molecule has 1 aliphatic heterocycles. The molecular weight excluding hydrogens is 234 g/mol. The van der Waals surface area contributed by atoms with Gasteiger partial charge in [-0.25, -0.2) is 0 Å². The number of rotatable bonds is 2. The topological polar surface area (TPSA) is 29.9 Å². The van der Waals surface area contributed by atoms with E-state index in [0.29, 0.717) is 0 Å². The summed E-state index contributed by atoms with van der Waals surface area (Å²) < 4.78 is 1.90. The minimum Gasteiger partial charge on any atom is -0.316 e. The molecule has 1 aromatic rings. The van der Waals surface area contributed by atoms with Crippen LogP contribution in [0.2, 0.25) is 5.02 Å². The lowest BCUT2D eigenvalue weighted by molar-refractivity contribution is 0.703. The Morgan fingerprint density at radius 2 is 2.24 bits per heavy atom. The monoisotopic (exact) mass is 253 g/mol. The molecule has 0 aliphatic carbocycles. The zero-order valence-electron chi connectivity index (χ0n) is 10.6. The van der Waals surface area contributed by atoms with Gasteiger partial charge in [-0.2, -0.15) is 5.10 Å². The zero-order chi connectivity index (χ0) is 12.3. The maximum Gasteiger partial charge on any atom is 0.0891 e. The highest BCUT2D eigenvalue weighted by Gasteiger charge is 2.12. The summed E-state index contributed by atoms with van der Waals surface area (Å²) >= 11 is 6.35. The van der Waals surface area contributed by atoms with Crippen LogP contribution in [0.4, 0.5) is 0 Å². The Labute approximate surface area is 108 Å². The summed E-state index contributed by atoms with van der Waals surface area (Å²) in [5.74, 6) is 0. The first-order valence-corrected chi connectivity index (χ1v) is 6.71. The van der Waals surface area contributed by atoms with E-state index in [1.54, 1.807) is 0 Å². The largest absolute Gasteiger partial charge is 0.316 e. The van der Waals surface area contributed by atoms with Gasteiger partial charge in [0, 0.05) is 7.05 Å². The van der Waals surface area contributed by atoms with E-state index in [9.17, 15) is 0 Å². The first kappa shape index (κ1) is 12.7. The Morgan fingerprint density at radius 3 is 2.94 bits per heavy atom. The fraction of sp³-hybridized carbons (Fsp3) is 0.615. The van der Waals surface area contributed by atoms with E-state index >= 15 is 0 Å². The van der Waals surface area contributed by atoms with Gasteiger partial charge in [-0.1, -0.05) is 24.1 Å². The Morgan fingerprint density at radius 1 is 1.41 bits per heavy atom. The molecule has 1 aliphatic rings. The van der Waals surface area contributed by atoms with Crippen molar-refractivity contribution in [2.75, 3.05) is 13.1 Å². The van der Waals surface area contributed by atoms with Gasteiger partial charge >= 0.3 is 0 Å². The second kappa shape index (κ2) is 5.69. The molecule has 1 aromatic heterocycles. The van der Waals surface area contributed by atoms with Crippen LogP contribution < -0.4 is 5.32 Å². The maximum atomic E-state index is 6.35. The first-order valence-electron chi connectivity index (χ1n) is 6.34. The number of hydrogen-bond acceptors (Lipinski definition) is 2. The van der Waals surface area contributed by atoms with Crippen molar-refractivity contribution >= 4 is 17.7 Å². The van der Waals surface area contributed by atoms with Gasteiger partial charge in [0.1, 0.15) is 0 Å². The van der Waals surface area contributed by atoms with E-state index in [4.69, 9.17) is 11.6 Å². The maximum absolute atomic E-state index is 6.35. The summed E-state index contributed by atoms with van der Waals surface area (Å²) in [4.78, 5) is 0. The predicted octanol–water partition coefficient (Wildman–Crippen LogP) is 2.79. The summed E-state index contributed by atoms with van der Waals surface area (Å²) in [7, 11) is 1.96. The van der Waals surface area contributed by atoms with E-state index in [1.807, 2.05) is 11.7 Å². The summed E-state index contributed by atoms with van der Waals surface area (Å²) in [6.07, 6.45) is 6.60. The van der Waals surface area contributed by atoms with E-state index in [0.717, 1.165) is 48.8 Å². The quantitative estimate of drug-likeness (QED) is 0.879. The molecule has 94 valence electrons. The van der Waals surface area contributed by atoms with Gasteiger partial charge in [-0.05, 0) is 44.8 Å². The van der Waals surface area contributed by atoms with E-state index in [1.165, 1.54) is 12.0 Å². The molecule has 0 saturated carbocycles. The average Bonchev–Trinajstić information content (AvgIpc) is 2.53. The molecule has 1 N–H and O–H groups in total. The molecule has 2 heterocycles.